The number of hydrogen-bond acceptors (Lipinski definition) is 4. The quantitative estimate of drug-likeness (QED) is 0.696. The molecule has 1 aromatic carbocycles. The molecule has 0 spiro atoms. The zero-order valence-electron chi connectivity index (χ0n) is 19.9. The Hall–Kier alpha value is -3.16. The SMILES string of the molecule is Cc1ccc(NC(=O)c2cc3n(n2)C[C@](C)(C(=O)NC2CCCCCC2)N(C)C3=O)c(C)c1. The summed E-state index contributed by atoms with van der Waals surface area (Å²) in [7, 11) is 1.64. The van der Waals surface area contributed by atoms with Gasteiger partial charge in [-0.3, -0.25) is 19.1 Å². The Balaban J connectivity index is 1.53. The van der Waals surface area contributed by atoms with Crippen LogP contribution in [0.4, 0.5) is 5.69 Å². The number of aromatic nitrogens is 2. The van der Waals surface area contributed by atoms with Crippen molar-refractivity contribution in [1.82, 2.24) is 20.0 Å². The molecule has 4 rings (SSSR count). The van der Waals surface area contributed by atoms with Gasteiger partial charge in [-0.1, -0.05) is 43.4 Å². The molecule has 176 valence electrons. The first-order valence-corrected chi connectivity index (χ1v) is 11.7. The van der Waals surface area contributed by atoms with Crippen LogP contribution < -0.4 is 10.6 Å². The number of nitrogens with zero attached hydrogens (tertiary/aromatic N) is 3. The van der Waals surface area contributed by atoms with E-state index in [9.17, 15) is 14.4 Å². The highest BCUT2D eigenvalue weighted by Crippen LogP contribution is 2.27. The van der Waals surface area contributed by atoms with Crippen molar-refractivity contribution in [1.29, 1.82) is 0 Å². The Morgan fingerprint density at radius 2 is 1.79 bits per heavy atom. The van der Waals surface area contributed by atoms with Crippen LogP contribution >= 0.6 is 0 Å². The van der Waals surface area contributed by atoms with Crippen LogP contribution in [0.2, 0.25) is 0 Å². The lowest BCUT2D eigenvalue weighted by atomic mass is 9.95. The number of likely N-dealkylation sites (N-methyl/N-ethyl adjacent to an activating group) is 1. The van der Waals surface area contributed by atoms with Crippen LogP contribution in [0.3, 0.4) is 0 Å². The van der Waals surface area contributed by atoms with Gasteiger partial charge in [-0.2, -0.15) is 5.10 Å². The van der Waals surface area contributed by atoms with Gasteiger partial charge in [-0.05, 0) is 45.2 Å². The van der Waals surface area contributed by atoms with Gasteiger partial charge in [0.05, 0.1) is 6.54 Å². The molecule has 1 aromatic heterocycles. The van der Waals surface area contributed by atoms with Crippen LogP contribution in [0.5, 0.6) is 0 Å². The first-order chi connectivity index (χ1) is 15.7. The van der Waals surface area contributed by atoms with Gasteiger partial charge in [0.1, 0.15) is 11.2 Å². The summed E-state index contributed by atoms with van der Waals surface area (Å²) in [6, 6.07) is 7.41. The van der Waals surface area contributed by atoms with Crippen LogP contribution in [0.15, 0.2) is 24.3 Å². The summed E-state index contributed by atoms with van der Waals surface area (Å²) in [6.45, 7) is 5.88. The minimum atomic E-state index is -1.08. The molecule has 2 aliphatic rings. The number of fused-ring (bicyclic) bond motifs is 1. The number of benzene rings is 1. The van der Waals surface area contributed by atoms with Crippen LogP contribution in [0, 0.1) is 13.8 Å². The molecule has 0 radical (unpaired) electrons. The second kappa shape index (κ2) is 9.00. The third-order valence-electron chi connectivity index (χ3n) is 7.04. The van der Waals surface area contributed by atoms with Crippen LogP contribution in [0.1, 0.15) is 77.6 Å². The summed E-state index contributed by atoms with van der Waals surface area (Å²) in [5.41, 5.74) is 2.14. The third-order valence-corrected chi connectivity index (χ3v) is 7.04. The van der Waals surface area contributed by atoms with E-state index in [1.807, 2.05) is 32.0 Å². The summed E-state index contributed by atoms with van der Waals surface area (Å²) in [5, 5.41) is 10.4. The lowest BCUT2D eigenvalue weighted by Gasteiger charge is -2.41. The molecule has 8 nitrogen and oxygen atoms in total. The first kappa shape index (κ1) is 23.0. The smallest absolute Gasteiger partial charge is 0.276 e. The average molecular weight is 452 g/mol. The topological polar surface area (TPSA) is 96.3 Å². The molecular weight excluding hydrogens is 418 g/mol. The van der Waals surface area contributed by atoms with E-state index in [1.165, 1.54) is 28.5 Å². The fourth-order valence-corrected chi connectivity index (χ4v) is 4.74. The first-order valence-electron chi connectivity index (χ1n) is 11.7. The zero-order valence-corrected chi connectivity index (χ0v) is 19.9. The molecule has 2 heterocycles. The lowest BCUT2D eigenvalue weighted by molar-refractivity contribution is -0.133. The molecule has 8 heteroatoms. The van der Waals surface area contributed by atoms with Gasteiger partial charge in [-0.15, -0.1) is 0 Å². The monoisotopic (exact) mass is 451 g/mol. The van der Waals surface area contributed by atoms with E-state index in [0.717, 1.165) is 36.8 Å². The van der Waals surface area contributed by atoms with E-state index >= 15 is 0 Å². The van der Waals surface area contributed by atoms with Crippen molar-refractivity contribution in [2.24, 2.45) is 0 Å². The minimum absolute atomic E-state index is 0.137. The lowest BCUT2D eigenvalue weighted by Crippen LogP contribution is -2.63. The Morgan fingerprint density at radius 3 is 2.45 bits per heavy atom. The zero-order chi connectivity index (χ0) is 23.8. The predicted octanol–water partition coefficient (Wildman–Crippen LogP) is 3.44. The van der Waals surface area contributed by atoms with Crippen LogP contribution in [-0.2, 0) is 11.3 Å². The molecule has 2 aromatic rings. The van der Waals surface area contributed by atoms with E-state index in [4.69, 9.17) is 0 Å². The number of carbonyl (C=O) groups is 3. The maximum Gasteiger partial charge on any atom is 0.276 e. The predicted molar refractivity (Wildman–Crippen MR) is 126 cm³/mol. The van der Waals surface area contributed by atoms with Crippen LogP contribution in [-0.4, -0.2) is 51.0 Å². The van der Waals surface area contributed by atoms with E-state index in [2.05, 4.69) is 15.7 Å². The maximum absolute atomic E-state index is 13.3. The van der Waals surface area contributed by atoms with Crippen molar-refractivity contribution < 1.29 is 14.4 Å². The summed E-state index contributed by atoms with van der Waals surface area (Å²) >= 11 is 0. The molecule has 1 fully saturated rings. The van der Waals surface area contributed by atoms with Gasteiger partial charge >= 0.3 is 0 Å². The van der Waals surface area contributed by atoms with Crippen molar-refractivity contribution in [3.05, 3.63) is 46.8 Å². The molecule has 2 N–H and O–H groups in total. The Kier molecular flexibility index (Phi) is 6.28. The van der Waals surface area contributed by atoms with E-state index in [-0.39, 0.29) is 36.0 Å². The fourth-order valence-electron chi connectivity index (χ4n) is 4.74. The molecule has 1 aliphatic carbocycles. The summed E-state index contributed by atoms with van der Waals surface area (Å²) in [6.07, 6.45) is 6.55. The second-order valence-electron chi connectivity index (χ2n) is 9.64. The highest BCUT2D eigenvalue weighted by molar-refractivity contribution is 6.06. The molecule has 33 heavy (non-hydrogen) atoms. The highest BCUT2D eigenvalue weighted by atomic mass is 16.2. The number of rotatable bonds is 4. The second-order valence-corrected chi connectivity index (χ2v) is 9.64. The van der Waals surface area contributed by atoms with Gasteiger partial charge in [-0.25, -0.2) is 0 Å². The van der Waals surface area contributed by atoms with Crippen molar-refractivity contribution in [2.75, 3.05) is 12.4 Å². The normalized spacial score (nSPS) is 21.3. The molecule has 0 unspecified atom stereocenters. The Morgan fingerprint density at radius 1 is 1.09 bits per heavy atom. The molecule has 0 saturated heterocycles. The highest BCUT2D eigenvalue weighted by Gasteiger charge is 2.46. The molecule has 1 aliphatic heterocycles. The molecular formula is C25H33N5O3. The fraction of sp³-hybridized carbons (Fsp3) is 0.520. The number of nitrogens with one attached hydrogen (secondary N) is 2. The van der Waals surface area contributed by atoms with E-state index in [0.29, 0.717) is 11.4 Å². The number of aryl methyl sites for hydroxylation is 2. The summed E-state index contributed by atoms with van der Waals surface area (Å²) in [5.74, 6) is -0.880. The van der Waals surface area contributed by atoms with E-state index in [1.54, 1.807) is 14.0 Å². The van der Waals surface area contributed by atoms with Crippen molar-refractivity contribution >= 4 is 23.4 Å². The van der Waals surface area contributed by atoms with E-state index < -0.39 is 5.54 Å². The summed E-state index contributed by atoms with van der Waals surface area (Å²) < 4.78 is 1.49. The average Bonchev–Trinajstić information content (AvgIpc) is 3.02. The minimum Gasteiger partial charge on any atom is -0.351 e. The molecule has 1 saturated carbocycles. The Labute approximate surface area is 194 Å². The molecule has 1 atom stereocenters. The van der Waals surface area contributed by atoms with Gasteiger partial charge in [0.2, 0.25) is 5.91 Å². The van der Waals surface area contributed by atoms with Crippen molar-refractivity contribution in [2.45, 2.75) is 77.4 Å². The summed E-state index contributed by atoms with van der Waals surface area (Å²) in [4.78, 5) is 40.7. The number of carbonyl (C=O) groups excluding carboxylic acids is 3. The number of hydrogen-bond donors (Lipinski definition) is 2. The number of amides is 3. The standard InChI is InChI=1S/C25H33N5O3/c1-16-11-12-19(17(2)13-16)27-22(31)20-14-21-23(32)29(4)25(3,15-30(21)28-20)24(33)26-18-9-7-5-6-8-10-18/h11-14,18H,5-10,15H2,1-4H3,(H,26,33)(H,27,31)/t25-/m1/s1. The Bertz CT molecular complexity index is 1080. The van der Waals surface area contributed by atoms with Gasteiger partial charge in [0, 0.05) is 24.8 Å². The number of anilines is 1. The van der Waals surface area contributed by atoms with Gasteiger partial charge in [0.15, 0.2) is 5.69 Å². The largest absolute Gasteiger partial charge is 0.351 e. The molecule has 0 bridgehead atoms. The maximum atomic E-state index is 13.3. The van der Waals surface area contributed by atoms with Gasteiger partial charge < -0.3 is 15.5 Å². The van der Waals surface area contributed by atoms with Gasteiger partial charge in [0.25, 0.3) is 11.8 Å². The molecule has 3 amide bonds. The van der Waals surface area contributed by atoms with Crippen molar-refractivity contribution in [3.63, 3.8) is 0 Å². The van der Waals surface area contributed by atoms with Crippen LogP contribution in [0.25, 0.3) is 0 Å². The van der Waals surface area contributed by atoms with Crippen molar-refractivity contribution in [3.8, 4) is 0 Å². The third kappa shape index (κ3) is 4.51.